The van der Waals surface area contributed by atoms with Gasteiger partial charge in [0.25, 0.3) is 0 Å². The zero-order chi connectivity index (χ0) is 16.3. The Bertz CT molecular complexity index is 636. The summed E-state index contributed by atoms with van der Waals surface area (Å²) in [7, 11) is 3.95. The molecule has 0 bridgehead atoms. The molecule has 1 aromatic heterocycles. The summed E-state index contributed by atoms with van der Waals surface area (Å²) in [4.78, 5) is 13.1. The molecule has 0 amide bonds. The molecule has 5 heteroatoms. The van der Waals surface area contributed by atoms with Crippen LogP contribution in [0.3, 0.4) is 0 Å². The fourth-order valence-electron chi connectivity index (χ4n) is 3.15. The Kier molecular flexibility index (Phi) is 4.48. The van der Waals surface area contributed by atoms with E-state index >= 15 is 0 Å². The molecule has 2 aromatic rings. The summed E-state index contributed by atoms with van der Waals surface area (Å²) < 4.78 is 0. The number of benzene rings is 1. The van der Waals surface area contributed by atoms with Crippen molar-refractivity contribution in [3.8, 4) is 0 Å². The summed E-state index contributed by atoms with van der Waals surface area (Å²) in [6, 6.07) is 10.2. The molecule has 1 fully saturated rings. The van der Waals surface area contributed by atoms with Crippen LogP contribution in [0.5, 0.6) is 0 Å². The molecule has 1 aliphatic rings. The number of rotatable bonds is 4. The summed E-state index contributed by atoms with van der Waals surface area (Å²) in [5.41, 5.74) is 0.565. The monoisotopic (exact) mass is 312 g/mol. The highest BCUT2D eigenvalue weighted by Gasteiger charge is 2.33. The standard InChI is InChI=1S/C18H24N4O/c1-21(2)16-17(20-11-10-19-16)22-12-8-18(23,9-13-22)14-15-6-4-3-5-7-15/h3-7,10-11,23H,8-9,12-14H2,1-2H3. The van der Waals surface area contributed by atoms with Gasteiger partial charge in [-0.2, -0.15) is 0 Å². The maximum absolute atomic E-state index is 10.9. The predicted molar refractivity (Wildman–Crippen MR) is 92.9 cm³/mol. The largest absolute Gasteiger partial charge is 0.389 e. The van der Waals surface area contributed by atoms with Crippen LogP contribution in [0.25, 0.3) is 0 Å². The molecule has 1 saturated heterocycles. The lowest BCUT2D eigenvalue weighted by Gasteiger charge is -2.39. The summed E-state index contributed by atoms with van der Waals surface area (Å²) >= 11 is 0. The second-order valence-corrected chi connectivity index (χ2v) is 6.47. The second kappa shape index (κ2) is 6.54. The first kappa shape index (κ1) is 15.7. The van der Waals surface area contributed by atoms with Gasteiger partial charge >= 0.3 is 0 Å². The van der Waals surface area contributed by atoms with Crippen molar-refractivity contribution in [2.75, 3.05) is 37.0 Å². The Morgan fingerprint density at radius 3 is 2.39 bits per heavy atom. The predicted octanol–water partition coefficient (Wildman–Crippen LogP) is 2.12. The highest BCUT2D eigenvalue weighted by Crippen LogP contribution is 2.31. The minimum atomic E-state index is -0.627. The van der Waals surface area contributed by atoms with Crippen LogP contribution in [-0.4, -0.2) is 47.9 Å². The minimum absolute atomic E-state index is 0.627. The van der Waals surface area contributed by atoms with E-state index in [2.05, 4.69) is 27.0 Å². The number of aliphatic hydroxyl groups is 1. The normalized spacial score (nSPS) is 17.1. The topological polar surface area (TPSA) is 52.5 Å². The fourth-order valence-corrected chi connectivity index (χ4v) is 3.15. The Morgan fingerprint density at radius 1 is 1.09 bits per heavy atom. The van der Waals surface area contributed by atoms with Crippen LogP contribution in [-0.2, 0) is 6.42 Å². The van der Waals surface area contributed by atoms with Gasteiger partial charge in [-0.05, 0) is 18.4 Å². The van der Waals surface area contributed by atoms with Crippen LogP contribution >= 0.6 is 0 Å². The van der Waals surface area contributed by atoms with Crippen LogP contribution in [0.2, 0.25) is 0 Å². The average molecular weight is 312 g/mol. The minimum Gasteiger partial charge on any atom is -0.389 e. The van der Waals surface area contributed by atoms with Gasteiger partial charge in [0.15, 0.2) is 11.6 Å². The van der Waals surface area contributed by atoms with Crippen molar-refractivity contribution in [3.63, 3.8) is 0 Å². The number of hydrogen-bond acceptors (Lipinski definition) is 5. The van der Waals surface area contributed by atoms with Gasteiger partial charge in [0.05, 0.1) is 5.60 Å². The molecule has 1 aromatic carbocycles. The molecule has 0 aliphatic carbocycles. The van der Waals surface area contributed by atoms with Gasteiger partial charge in [-0.25, -0.2) is 9.97 Å². The molecule has 0 radical (unpaired) electrons. The van der Waals surface area contributed by atoms with E-state index in [4.69, 9.17) is 0 Å². The third-order valence-corrected chi connectivity index (χ3v) is 4.45. The summed E-state index contributed by atoms with van der Waals surface area (Å²) in [6.45, 7) is 1.59. The first-order chi connectivity index (χ1) is 11.1. The molecule has 3 rings (SSSR count). The lowest BCUT2D eigenvalue weighted by molar-refractivity contribution is 0.0164. The van der Waals surface area contributed by atoms with Crippen LogP contribution in [0.1, 0.15) is 18.4 Å². The van der Waals surface area contributed by atoms with Gasteiger partial charge in [-0.1, -0.05) is 30.3 Å². The van der Waals surface area contributed by atoms with Crippen molar-refractivity contribution in [3.05, 3.63) is 48.3 Å². The Labute approximate surface area is 137 Å². The average Bonchev–Trinajstić information content (AvgIpc) is 2.56. The molecule has 122 valence electrons. The van der Waals surface area contributed by atoms with E-state index in [1.54, 1.807) is 12.4 Å². The molecule has 1 N–H and O–H groups in total. The molecule has 23 heavy (non-hydrogen) atoms. The molecule has 2 heterocycles. The number of anilines is 2. The van der Waals surface area contributed by atoms with Gasteiger partial charge in [-0.15, -0.1) is 0 Å². The Morgan fingerprint density at radius 2 is 1.74 bits per heavy atom. The molecule has 0 spiro atoms. The van der Waals surface area contributed by atoms with Crippen LogP contribution in [0, 0.1) is 0 Å². The van der Waals surface area contributed by atoms with E-state index in [1.807, 2.05) is 37.2 Å². The molecule has 0 atom stereocenters. The lowest BCUT2D eigenvalue weighted by atomic mass is 9.85. The second-order valence-electron chi connectivity index (χ2n) is 6.47. The highest BCUT2D eigenvalue weighted by molar-refractivity contribution is 5.61. The van der Waals surface area contributed by atoms with E-state index in [0.717, 1.165) is 37.6 Å². The smallest absolute Gasteiger partial charge is 0.171 e. The molecular formula is C18H24N4O. The van der Waals surface area contributed by atoms with E-state index in [0.29, 0.717) is 6.42 Å². The number of aromatic nitrogens is 2. The van der Waals surface area contributed by atoms with Gasteiger partial charge < -0.3 is 14.9 Å². The van der Waals surface area contributed by atoms with Gasteiger partial charge in [-0.3, -0.25) is 0 Å². The van der Waals surface area contributed by atoms with Gasteiger partial charge in [0.1, 0.15) is 0 Å². The fraction of sp³-hybridized carbons (Fsp3) is 0.444. The Balaban J connectivity index is 1.69. The maximum Gasteiger partial charge on any atom is 0.171 e. The zero-order valence-electron chi connectivity index (χ0n) is 13.8. The first-order valence-corrected chi connectivity index (χ1v) is 8.07. The maximum atomic E-state index is 10.9. The van der Waals surface area contributed by atoms with Crippen molar-refractivity contribution in [1.82, 2.24) is 9.97 Å². The van der Waals surface area contributed by atoms with E-state index in [1.165, 1.54) is 5.56 Å². The van der Waals surface area contributed by atoms with E-state index in [9.17, 15) is 5.11 Å². The molecule has 5 nitrogen and oxygen atoms in total. The van der Waals surface area contributed by atoms with Gasteiger partial charge in [0, 0.05) is 46.0 Å². The van der Waals surface area contributed by atoms with Crippen molar-refractivity contribution in [2.24, 2.45) is 0 Å². The summed E-state index contributed by atoms with van der Waals surface area (Å²) in [5.74, 6) is 1.78. The lowest BCUT2D eigenvalue weighted by Crippen LogP contribution is -2.46. The van der Waals surface area contributed by atoms with Crippen molar-refractivity contribution in [2.45, 2.75) is 24.9 Å². The number of nitrogens with zero attached hydrogens (tertiary/aromatic N) is 4. The van der Waals surface area contributed by atoms with Crippen LogP contribution < -0.4 is 9.80 Å². The van der Waals surface area contributed by atoms with Crippen LogP contribution in [0.4, 0.5) is 11.6 Å². The quantitative estimate of drug-likeness (QED) is 0.937. The highest BCUT2D eigenvalue weighted by atomic mass is 16.3. The van der Waals surface area contributed by atoms with Crippen molar-refractivity contribution < 1.29 is 5.11 Å². The van der Waals surface area contributed by atoms with Crippen molar-refractivity contribution in [1.29, 1.82) is 0 Å². The van der Waals surface area contributed by atoms with Gasteiger partial charge in [0.2, 0.25) is 0 Å². The van der Waals surface area contributed by atoms with Crippen molar-refractivity contribution >= 4 is 11.6 Å². The molecular weight excluding hydrogens is 288 g/mol. The summed E-state index contributed by atoms with van der Waals surface area (Å²) in [6.07, 6.45) is 5.64. The molecule has 0 saturated carbocycles. The first-order valence-electron chi connectivity index (χ1n) is 8.07. The van der Waals surface area contributed by atoms with Crippen LogP contribution in [0.15, 0.2) is 42.7 Å². The number of piperidine rings is 1. The zero-order valence-corrected chi connectivity index (χ0v) is 13.8. The number of hydrogen-bond donors (Lipinski definition) is 1. The SMILES string of the molecule is CN(C)c1nccnc1N1CCC(O)(Cc2ccccc2)CC1. The Hall–Kier alpha value is -2.14. The molecule has 0 unspecified atom stereocenters. The van der Waals surface area contributed by atoms with E-state index < -0.39 is 5.60 Å². The molecule has 1 aliphatic heterocycles. The third-order valence-electron chi connectivity index (χ3n) is 4.45. The summed E-state index contributed by atoms with van der Waals surface area (Å²) in [5, 5.41) is 10.9. The van der Waals surface area contributed by atoms with E-state index in [-0.39, 0.29) is 0 Å². The third kappa shape index (κ3) is 3.62.